The summed E-state index contributed by atoms with van der Waals surface area (Å²) in [5.74, 6) is -0.0276. The Morgan fingerprint density at radius 2 is 1.57 bits per heavy atom. The zero-order chi connectivity index (χ0) is 15.9. The first-order valence-corrected chi connectivity index (χ1v) is 7.65. The van der Waals surface area contributed by atoms with Crippen LogP contribution in [0.25, 0.3) is 0 Å². The highest BCUT2D eigenvalue weighted by Crippen LogP contribution is 2.17. The standard InChI is InChI=1S/C20H18N2O/c23-20(18-10-7-14-21-16-18)22(19-11-5-2-6-12-19)15-13-17-8-3-1-4-9-17/h1-12,14,16H,13,15H2. The van der Waals surface area contributed by atoms with E-state index >= 15 is 0 Å². The number of anilines is 1. The number of carbonyl (C=O) groups excluding carboxylic acids is 1. The maximum Gasteiger partial charge on any atom is 0.259 e. The Hall–Kier alpha value is -2.94. The molecule has 0 aliphatic carbocycles. The van der Waals surface area contributed by atoms with E-state index in [0.29, 0.717) is 12.1 Å². The van der Waals surface area contributed by atoms with Crippen LogP contribution in [0.2, 0.25) is 0 Å². The molecule has 0 fully saturated rings. The molecule has 0 spiro atoms. The van der Waals surface area contributed by atoms with Crippen molar-refractivity contribution in [2.24, 2.45) is 0 Å². The van der Waals surface area contributed by atoms with E-state index in [-0.39, 0.29) is 5.91 Å². The summed E-state index contributed by atoms with van der Waals surface area (Å²) >= 11 is 0. The molecule has 0 bridgehead atoms. The molecule has 0 N–H and O–H groups in total. The van der Waals surface area contributed by atoms with Crippen molar-refractivity contribution >= 4 is 11.6 Å². The van der Waals surface area contributed by atoms with Crippen LogP contribution < -0.4 is 4.90 Å². The number of benzene rings is 2. The van der Waals surface area contributed by atoms with Gasteiger partial charge in [-0.2, -0.15) is 0 Å². The lowest BCUT2D eigenvalue weighted by molar-refractivity contribution is 0.0987. The van der Waals surface area contributed by atoms with Gasteiger partial charge in [-0.05, 0) is 36.2 Å². The summed E-state index contributed by atoms with van der Waals surface area (Å²) < 4.78 is 0. The van der Waals surface area contributed by atoms with Crippen LogP contribution in [0, 0.1) is 0 Å². The summed E-state index contributed by atoms with van der Waals surface area (Å²) in [5.41, 5.74) is 2.72. The Kier molecular flexibility index (Phi) is 4.79. The minimum atomic E-state index is -0.0276. The van der Waals surface area contributed by atoms with E-state index in [1.54, 1.807) is 24.5 Å². The minimum Gasteiger partial charge on any atom is -0.308 e. The molecule has 0 unspecified atom stereocenters. The van der Waals surface area contributed by atoms with Crippen molar-refractivity contribution < 1.29 is 4.79 Å². The number of para-hydroxylation sites is 1. The lowest BCUT2D eigenvalue weighted by Crippen LogP contribution is -2.33. The first-order valence-electron chi connectivity index (χ1n) is 7.65. The highest BCUT2D eigenvalue weighted by Gasteiger charge is 2.17. The van der Waals surface area contributed by atoms with E-state index in [1.165, 1.54) is 5.56 Å². The molecule has 3 heteroatoms. The molecule has 0 aliphatic heterocycles. The molecule has 3 nitrogen and oxygen atoms in total. The molecular formula is C20H18N2O. The highest BCUT2D eigenvalue weighted by molar-refractivity contribution is 6.05. The number of hydrogen-bond acceptors (Lipinski definition) is 2. The van der Waals surface area contributed by atoms with Gasteiger partial charge in [0.1, 0.15) is 0 Å². The number of carbonyl (C=O) groups is 1. The molecule has 3 aromatic rings. The normalized spacial score (nSPS) is 10.3. The largest absolute Gasteiger partial charge is 0.308 e. The van der Waals surface area contributed by atoms with Gasteiger partial charge in [-0.25, -0.2) is 0 Å². The van der Waals surface area contributed by atoms with Gasteiger partial charge in [-0.15, -0.1) is 0 Å². The van der Waals surface area contributed by atoms with E-state index in [2.05, 4.69) is 17.1 Å². The second-order valence-corrected chi connectivity index (χ2v) is 5.27. The SMILES string of the molecule is O=C(c1cccnc1)N(CCc1ccccc1)c1ccccc1. The van der Waals surface area contributed by atoms with Crippen LogP contribution in [-0.2, 0) is 6.42 Å². The first kappa shape index (κ1) is 15.0. The van der Waals surface area contributed by atoms with Crippen molar-refractivity contribution in [1.82, 2.24) is 4.98 Å². The van der Waals surface area contributed by atoms with Crippen molar-refractivity contribution in [3.63, 3.8) is 0 Å². The van der Waals surface area contributed by atoms with Gasteiger partial charge in [0, 0.05) is 24.6 Å². The van der Waals surface area contributed by atoms with Crippen LogP contribution in [0.15, 0.2) is 85.2 Å². The summed E-state index contributed by atoms with van der Waals surface area (Å²) in [6.45, 7) is 0.627. The van der Waals surface area contributed by atoms with E-state index < -0.39 is 0 Å². The number of pyridine rings is 1. The number of aromatic nitrogens is 1. The van der Waals surface area contributed by atoms with Gasteiger partial charge >= 0.3 is 0 Å². The molecule has 3 rings (SSSR count). The van der Waals surface area contributed by atoms with Crippen molar-refractivity contribution in [3.8, 4) is 0 Å². The van der Waals surface area contributed by atoms with Gasteiger partial charge in [-0.1, -0.05) is 48.5 Å². The quantitative estimate of drug-likeness (QED) is 0.714. The summed E-state index contributed by atoms with van der Waals surface area (Å²) in [5, 5.41) is 0. The lowest BCUT2D eigenvalue weighted by Gasteiger charge is -2.23. The average Bonchev–Trinajstić information content (AvgIpc) is 2.64. The molecule has 0 aliphatic rings. The molecular weight excluding hydrogens is 284 g/mol. The Bertz CT molecular complexity index is 742. The van der Waals surface area contributed by atoms with Crippen LogP contribution >= 0.6 is 0 Å². The average molecular weight is 302 g/mol. The van der Waals surface area contributed by atoms with Gasteiger partial charge < -0.3 is 4.90 Å². The first-order chi connectivity index (χ1) is 11.3. The Morgan fingerprint density at radius 3 is 2.22 bits per heavy atom. The third-order valence-electron chi connectivity index (χ3n) is 3.69. The highest BCUT2D eigenvalue weighted by atomic mass is 16.2. The number of amides is 1. The summed E-state index contributed by atoms with van der Waals surface area (Å²) in [6, 6.07) is 23.5. The number of hydrogen-bond donors (Lipinski definition) is 0. The molecule has 1 heterocycles. The fourth-order valence-electron chi connectivity index (χ4n) is 2.49. The monoisotopic (exact) mass is 302 g/mol. The van der Waals surface area contributed by atoms with Crippen LogP contribution in [0.4, 0.5) is 5.69 Å². The second kappa shape index (κ2) is 7.36. The zero-order valence-corrected chi connectivity index (χ0v) is 12.8. The number of rotatable bonds is 5. The molecule has 114 valence electrons. The van der Waals surface area contributed by atoms with Gasteiger partial charge in [0.25, 0.3) is 5.91 Å². The van der Waals surface area contributed by atoms with Gasteiger partial charge in [-0.3, -0.25) is 9.78 Å². The third kappa shape index (κ3) is 3.83. The third-order valence-corrected chi connectivity index (χ3v) is 3.69. The van der Waals surface area contributed by atoms with Crippen LogP contribution in [0.3, 0.4) is 0 Å². The van der Waals surface area contributed by atoms with Gasteiger partial charge in [0.15, 0.2) is 0 Å². The Morgan fingerprint density at radius 1 is 0.870 bits per heavy atom. The molecule has 2 aromatic carbocycles. The molecule has 0 saturated heterocycles. The Labute approximate surface area is 136 Å². The van der Waals surface area contributed by atoms with Crippen LogP contribution in [0.5, 0.6) is 0 Å². The molecule has 0 atom stereocenters. The zero-order valence-electron chi connectivity index (χ0n) is 12.8. The van der Waals surface area contributed by atoms with E-state index in [4.69, 9.17) is 0 Å². The maximum atomic E-state index is 12.9. The van der Waals surface area contributed by atoms with E-state index in [1.807, 2.05) is 53.4 Å². The molecule has 1 amide bonds. The summed E-state index contributed by atoms with van der Waals surface area (Å²) in [4.78, 5) is 18.7. The Balaban J connectivity index is 1.84. The summed E-state index contributed by atoms with van der Waals surface area (Å²) in [7, 11) is 0. The fraction of sp³-hybridized carbons (Fsp3) is 0.100. The summed E-state index contributed by atoms with van der Waals surface area (Å²) in [6.07, 6.45) is 4.09. The predicted octanol–water partition coefficient (Wildman–Crippen LogP) is 3.97. The van der Waals surface area contributed by atoms with E-state index in [9.17, 15) is 4.79 Å². The fourth-order valence-corrected chi connectivity index (χ4v) is 2.49. The van der Waals surface area contributed by atoms with Crippen LogP contribution in [-0.4, -0.2) is 17.4 Å². The maximum absolute atomic E-state index is 12.9. The van der Waals surface area contributed by atoms with Crippen molar-refractivity contribution in [2.75, 3.05) is 11.4 Å². The molecule has 0 saturated carbocycles. The molecule has 23 heavy (non-hydrogen) atoms. The van der Waals surface area contributed by atoms with Crippen molar-refractivity contribution in [1.29, 1.82) is 0 Å². The van der Waals surface area contributed by atoms with E-state index in [0.717, 1.165) is 12.1 Å². The lowest BCUT2D eigenvalue weighted by atomic mass is 10.1. The van der Waals surface area contributed by atoms with Crippen molar-refractivity contribution in [2.45, 2.75) is 6.42 Å². The topological polar surface area (TPSA) is 33.2 Å². The van der Waals surface area contributed by atoms with Crippen molar-refractivity contribution in [3.05, 3.63) is 96.3 Å². The predicted molar refractivity (Wildman–Crippen MR) is 92.5 cm³/mol. The van der Waals surface area contributed by atoms with Gasteiger partial charge in [0.2, 0.25) is 0 Å². The molecule has 0 radical (unpaired) electrons. The second-order valence-electron chi connectivity index (χ2n) is 5.27. The van der Waals surface area contributed by atoms with Gasteiger partial charge in [0.05, 0.1) is 5.56 Å². The smallest absolute Gasteiger partial charge is 0.259 e. The molecule has 1 aromatic heterocycles. The minimum absolute atomic E-state index is 0.0276. The van der Waals surface area contributed by atoms with Crippen LogP contribution in [0.1, 0.15) is 15.9 Å². The number of nitrogens with zero attached hydrogens (tertiary/aromatic N) is 2.